The van der Waals surface area contributed by atoms with Crippen LogP contribution in [0.4, 0.5) is 0 Å². The molecule has 0 heterocycles. The highest BCUT2D eigenvalue weighted by molar-refractivity contribution is 7.89. The number of sulfonamides is 1. The minimum atomic E-state index is -3.50. The minimum Gasteiger partial charge on any atom is -0.497 e. The molecule has 2 rings (SSSR count). The molecule has 0 fully saturated rings. The molecule has 5 nitrogen and oxygen atoms in total. The van der Waals surface area contributed by atoms with Gasteiger partial charge in [0.15, 0.2) is 0 Å². The lowest BCUT2D eigenvalue weighted by Gasteiger charge is -2.11. The van der Waals surface area contributed by atoms with Crippen LogP contribution in [0.3, 0.4) is 0 Å². The molecule has 0 spiro atoms. The van der Waals surface area contributed by atoms with E-state index in [4.69, 9.17) is 9.47 Å². The standard InChI is InChI=1S/C17H21NO4S/c1-13-5-4-6-16(11-13)23(19,20)18-10-9-14-7-8-15(21-2)12-17(14)22-3/h4-8,11-12,18H,9-10H2,1-3H3. The molecule has 0 amide bonds. The van der Waals surface area contributed by atoms with E-state index in [9.17, 15) is 8.42 Å². The van der Waals surface area contributed by atoms with E-state index in [1.165, 1.54) is 0 Å². The number of hydrogen-bond donors (Lipinski definition) is 1. The molecule has 1 N–H and O–H groups in total. The van der Waals surface area contributed by atoms with Crippen molar-refractivity contribution in [3.05, 3.63) is 53.6 Å². The molecular weight excluding hydrogens is 314 g/mol. The van der Waals surface area contributed by atoms with Crippen LogP contribution in [0.5, 0.6) is 11.5 Å². The van der Waals surface area contributed by atoms with Crippen molar-refractivity contribution in [2.24, 2.45) is 0 Å². The molecule has 6 heteroatoms. The smallest absolute Gasteiger partial charge is 0.240 e. The molecule has 0 aromatic heterocycles. The lowest BCUT2D eigenvalue weighted by Crippen LogP contribution is -2.26. The Morgan fingerprint density at radius 3 is 2.48 bits per heavy atom. The maximum atomic E-state index is 12.3. The second kappa shape index (κ2) is 7.48. The van der Waals surface area contributed by atoms with Crippen molar-refractivity contribution in [1.29, 1.82) is 0 Å². The largest absolute Gasteiger partial charge is 0.497 e. The fraction of sp³-hybridized carbons (Fsp3) is 0.294. The van der Waals surface area contributed by atoms with Crippen LogP contribution >= 0.6 is 0 Å². The molecule has 0 saturated carbocycles. The average Bonchev–Trinajstić information content (AvgIpc) is 2.55. The Morgan fingerprint density at radius 2 is 1.83 bits per heavy atom. The highest BCUT2D eigenvalue weighted by Gasteiger charge is 2.14. The molecule has 0 atom stereocenters. The first-order valence-corrected chi connectivity index (χ1v) is 8.72. The summed E-state index contributed by atoms with van der Waals surface area (Å²) in [5.74, 6) is 1.38. The van der Waals surface area contributed by atoms with E-state index >= 15 is 0 Å². The van der Waals surface area contributed by atoms with Gasteiger partial charge in [-0.25, -0.2) is 13.1 Å². The zero-order valence-electron chi connectivity index (χ0n) is 13.5. The normalized spacial score (nSPS) is 11.3. The number of rotatable bonds is 7. The summed E-state index contributed by atoms with van der Waals surface area (Å²) in [6.07, 6.45) is 0.526. The molecule has 0 aliphatic rings. The number of hydrogen-bond acceptors (Lipinski definition) is 4. The highest BCUT2D eigenvalue weighted by Crippen LogP contribution is 2.24. The number of nitrogens with one attached hydrogen (secondary N) is 1. The summed E-state index contributed by atoms with van der Waals surface area (Å²) >= 11 is 0. The van der Waals surface area contributed by atoms with Crippen molar-refractivity contribution in [1.82, 2.24) is 4.72 Å². The molecule has 0 aliphatic carbocycles. The Kier molecular flexibility index (Phi) is 5.63. The predicted octanol–water partition coefficient (Wildman–Crippen LogP) is 2.53. The molecule has 0 saturated heterocycles. The predicted molar refractivity (Wildman–Crippen MR) is 89.6 cm³/mol. The molecule has 2 aromatic rings. The summed E-state index contributed by atoms with van der Waals surface area (Å²) in [5.41, 5.74) is 1.82. The van der Waals surface area contributed by atoms with E-state index in [1.807, 2.05) is 25.1 Å². The molecule has 2 aromatic carbocycles. The van der Waals surface area contributed by atoms with E-state index in [2.05, 4.69) is 4.72 Å². The molecule has 0 radical (unpaired) electrons. The van der Waals surface area contributed by atoms with Crippen LogP contribution in [0, 0.1) is 6.92 Å². The summed E-state index contributed by atoms with van der Waals surface area (Å²) in [6.45, 7) is 2.15. The Morgan fingerprint density at radius 1 is 1.04 bits per heavy atom. The van der Waals surface area contributed by atoms with Gasteiger partial charge in [0.25, 0.3) is 0 Å². The second-order valence-corrected chi connectivity index (χ2v) is 6.91. The van der Waals surface area contributed by atoms with Crippen LogP contribution in [-0.2, 0) is 16.4 Å². The fourth-order valence-corrected chi connectivity index (χ4v) is 3.38. The number of methoxy groups -OCH3 is 2. The Bertz CT molecular complexity index is 772. The Balaban J connectivity index is 2.04. The van der Waals surface area contributed by atoms with Crippen LogP contribution in [0.2, 0.25) is 0 Å². The summed E-state index contributed by atoms with van der Waals surface area (Å²) in [4.78, 5) is 0.277. The molecule has 0 bridgehead atoms. The number of aryl methyl sites for hydroxylation is 1. The van der Waals surface area contributed by atoms with E-state index < -0.39 is 10.0 Å². The maximum absolute atomic E-state index is 12.3. The van der Waals surface area contributed by atoms with Crippen molar-refractivity contribution < 1.29 is 17.9 Å². The third-order valence-electron chi connectivity index (χ3n) is 3.48. The van der Waals surface area contributed by atoms with E-state index in [1.54, 1.807) is 38.5 Å². The van der Waals surface area contributed by atoms with Gasteiger partial charge in [0.2, 0.25) is 10.0 Å². The third-order valence-corrected chi connectivity index (χ3v) is 4.94. The molecule has 0 aliphatic heterocycles. The summed E-state index contributed by atoms with van der Waals surface area (Å²) in [5, 5.41) is 0. The molecular formula is C17H21NO4S. The first-order valence-electron chi connectivity index (χ1n) is 7.23. The van der Waals surface area contributed by atoms with Crippen molar-refractivity contribution in [2.75, 3.05) is 20.8 Å². The third kappa shape index (κ3) is 4.46. The van der Waals surface area contributed by atoms with E-state index in [0.29, 0.717) is 24.5 Å². The Labute approximate surface area is 137 Å². The van der Waals surface area contributed by atoms with Crippen molar-refractivity contribution in [2.45, 2.75) is 18.2 Å². The van der Waals surface area contributed by atoms with Crippen LogP contribution in [0.25, 0.3) is 0 Å². The van der Waals surface area contributed by atoms with Gasteiger partial charge in [0.1, 0.15) is 11.5 Å². The van der Waals surface area contributed by atoms with Gasteiger partial charge >= 0.3 is 0 Å². The van der Waals surface area contributed by atoms with Crippen molar-refractivity contribution in [3.63, 3.8) is 0 Å². The van der Waals surface area contributed by atoms with E-state index in [-0.39, 0.29) is 4.90 Å². The van der Waals surface area contributed by atoms with Crippen molar-refractivity contribution >= 4 is 10.0 Å². The van der Waals surface area contributed by atoms with Gasteiger partial charge in [0.05, 0.1) is 19.1 Å². The van der Waals surface area contributed by atoms with E-state index in [0.717, 1.165) is 11.1 Å². The van der Waals surface area contributed by atoms with Gasteiger partial charge in [-0.15, -0.1) is 0 Å². The number of benzene rings is 2. The van der Waals surface area contributed by atoms with Crippen LogP contribution in [-0.4, -0.2) is 29.2 Å². The van der Waals surface area contributed by atoms with Gasteiger partial charge in [0, 0.05) is 12.6 Å². The second-order valence-electron chi connectivity index (χ2n) is 5.14. The topological polar surface area (TPSA) is 64.6 Å². The maximum Gasteiger partial charge on any atom is 0.240 e. The number of ether oxygens (including phenoxy) is 2. The highest BCUT2D eigenvalue weighted by atomic mass is 32.2. The lowest BCUT2D eigenvalue weighted by molar-refractivity contribution is 0.391. The Hall–Kier alpha value is -2.05. The quantitative estimate of drug-likeness (QED) is 0.844. The zero-order valence-corrected chi connectivity index (χ0v) is 14.3. The van der Waals surface area contributed by atoms with Crippen LogP contribution < -0.4 is 14.2 Å². The zero-order chi connectivity index (χ0) is 16.9. The molecule has 23 heavy (non-hydrogen) atoms. The minimum absolute atomic E-state index is 0.277. The van der Waals surface area contributed by atoms with Gasteiger partial charge in [-0.3, -0.25) is 0 Å². The monoisotopic (exact) mass is 335 g/mol. The lowest BCUT2D eigenvalue weighted by atomic mass is 10.1. The first kappa shape index (κ1) is 17.3. The first-order chi connectivity index (χ1) is 11.0. The summed E-state index contributed by atoms with van der Waals surface area (Å²) in [6, 6.07) is 12.3. The van der Waals surface area contributed by atoms with Crippen LogP contribution in [0.1, 0.15) is 11.1 Å². The van der Waals surface area contributed by atoms with Gasteiger partial charge in [-0.2, -0.15) is 0 Å². The summed E-state index contributed by atoms with van der Waals surface area (Å²) in [7, 11) is -0.335. The average molecular weight is 335 g/mol. The fourth-order valence-electron chi connectivity index (χ4n) is 2.24. The van der Waals surface area contributed by atoms with Gasteiger partial charge < -0.3 is 9.47 Å². The molecule has 0 unspecified atom stereocenters. The van der Waals surface area contributed by atoms with Gasteiger partial charge in [-0.05, 0) is 42.7 Å². The van der Waals surface area contributed by atoms with Gasteiger partial charge in [-0.1, -0.05) is 18.2 Å². The SMILES string of the molecule is COc1ccc(CCNS(=O)(=O)c2cccc(C)c2)c(OC)c1. The molecule has 124 valence electrons. The van der Waals surface area contributed by atoms with Crippen LogP contribution in [0.15, 0.2) is 47.4 Å². The summed E-state index contributed by atoms with van der Waals surface area (Å²) < 4.78 is 37.6. The van der Waals surface area contributed by atoms with Crippen molar-refractivity contribution in [3.8, 4) is 11.5 Å².